The number of benzene rings is 3. The maximum Gasteiger partial charge on any atom is 0.203 e. The maximum atomic E-state index is 11.3. The Kier molecular flexibility index (Phi) is 3.05. The quantitative estimate of drug-likeness (QED) is 0.435. The van der Waals surface area contributed by atoms with Gasteiger partial charge in [-0.15, -0.1) is 0 Å². The first-order chi connectivity index (χ1) is 14.2. The van der Waals surface area contributed by atoms with Gasteiger partial charge in [0.1, 0.15) is 6.07 Å². The van der Waals surface area contributed by atoms with Gasteiger partial charge in [-0.3, -0.25) is 0 Å². The molecule has 2 N–H and O–H groups in total. The van der Waals surface area contributed by atoms with Crippen molar-refractivity contribution >= 4 is 0 Å². The van der Waals surface area contributed by atoms with E-state index in [0.29, 0.717) is 11.3 Å². The van der Waals surface area contributed by atoms with Gasteiger partial charge in [-0.2, -0.15) is 5.26 Å². The summed E-state index contributed by atoms with van der Waals surface area (Å²) >= 11 is 0. The largest absolute Gasteiger partial charge is 0.494 e. The van der Waals surface area contributed by atoms with E-state index >= 15 is 0 Å². The van der Waals surface area contributed by atoms with Crippen molar-refractivity contribution in [3.05, 3.63) is 112 Å². The van der Waals surface area contributed by atoms with E-state index in [0.717, 1.165) is 33.4 Å². The van der Waals surface area contributed by atoms with Crippen LogP contribution >= 0.6 is 0 Å². The summed E-state index contributed by atoms with van der Waals surface area (Å²) in [6.45, 7) is 0. The van der Waals surface area contributed by atoms with Crippen LogP contribution in [0.3, 0.4) is 0 Å². The Morgan fingerprint density at radius 1 is 0.655 bits per heavy atom. The normalized spacial score (nSPS) is 17.9. The molecule has 3 aromatic carbocycles. The highest BCUT2D eigenvalue weighted by molar-refractivity contribution is 5.74. The van der Waals surface area contributed by atoms with E-state index in [-0.39, 0.29) is 23.6 Å². The van der Waals surface area contributed by atoms with Crippen LogP contribution in [0.2, 0.25) is 0 Å². The number of nitrogens with zero attached hydrogens (tertiary/aromatic N) is 2. The predicted molar refractivity (Wildman–Crippen MR) is 109 cm³/mol. The Morgan fingerprint density at radius 3 is 1.52 bits per heavy atom. The molecule has 1 heterocycles. The van der Waals surface area contributed by atoms with E-state index in [1.54, 1.807) is 24.3 Å². The molecule has 29 heavy (non-hydrogen) atoms. The third-order valence-corrected chi connectivity index (χ3v) is 6.27. The van der Waals surface area contributed by atoms with Crippen molar-refractivity contribution in [1.29, 1.82) is 5.26 Å². The molecule has 0 saturated carbocycles. The summed E-state index contributed by atoms with van der Waals surface area (Å²) in [5, 5.41) is 32.1. The molecule has 0 fully saturated rings. The lowest BCUT2D eigenvalue weighted by molar-refractivity contribution is 0.399. The molecule has 138 valence electrons. The van der Waals surface area contributed by atoms with Crippen molar-refractivity contribution in [2.24, 2.45) is 0 Å². The van der Waals surface area contributed by atoms with Crippen LogP contribution in [0.15, 0.2) is 72.8 Å². The van der Waals surface area contributed by atoms with Crippen LogP contribution in [0.1, 0.15) is 50.8 Å². The Morgan fingerprint density at radius 2 is 1.07 bits per heavy atom. The predicted octanol–water partition coefficient (Wildman–Crippen LogP) is 4.75. The average molecular weight is 376 g/mol. The summed E-state index contributed by atoms with van der Waals surface area (Å²) < 4.78 is 1.42. The number of nitriles is 1. The van der Waals surface area contributed by atoms with Crippen LogP contribution in [0.25, 0.3) is 5.69 Å². The molecule has 3 aliphatic rings. The van der Waals surface area contributed by atoms with E-state index in [2.05, 4.69) is 30.3 Å². The van der Waals surface area contributed by atoms with Gasteiger partial charge in [-0.1, -0.05) is 60.7 Å². The molecule has 7 rings (SSSR count). The fraction of sp³-hybridized carbons (Fsp3) is 0.0800. The van der Waals surface area contributed by atoms with Gasteiger partial charge < -0.3 is 10.2 Å². The van der Waals surface area contributed by atoms with E-state index in [1.807, 2.05) is 24.3 Å². The third-order valence-electron chi connectivity index (χ3n) is 6.27. The number of rotatable bonds is 1. The van der Waals surface area contributed by atoms with Gasteiger partial charge in [0.25, 0.3) is 0 Å². The van der Waals surface area contributed by atoms with Gasteiger partial charge in [0.2, 0.25) is 11.8 Å². The SMILES string of the molecule is N#Cc1ccccc1-n1c(O)c2c(c1O)C1c3ccccc3C2c2ccccc21. The van der Waals surface area contributed by atoms with Gasteiger partial charge in [-0.25, -0.2) is 4.57 Å². The second-order valence-corrected chi connectivity index (χ2v) is 7.56. The van der Waals surface area contributed by atoms with E-state index < -0.39 is 0 Å². The van der Waals surface area contributed by atoms with Crippen molar-refractivity contribution in [2.45, 2.75) is 11.8 Å². The Labute approximate surface area is 167 Å². The number of hydrogen-bond acceptors (Lipinski definition) is 3. The molecule has 1 aromatic heterocycles. The van der Waals surface area contributed by atoms with Crippen LogP contribution < -0.4 is 0 Å². The molecular formula is C25H16N2O2. The van der Waals surface area contributed by atoms with Crippen molar-refractivity contribution in [3.8, 4) is 23.5 Å². The minimum atomic E-state index is -0.149. The molecule has 0 amide bonds. The highest BCUT2D eigenvalue weighted by Crippen LogP contribution is 2.61. The second kappa shape index (κ2) is 5.52. The molecular weight excluding hydrogens is 360 g/mol. The van der Waals surface area contributed by atoms with Crippen molar-refractivity contribution < 1.29 is 10.2 Å². The summed E-state index contributed by atoms with van der Waals surface area (Å²) in [6.07, 6.45) is 0. The maximum absolute atomic E-state index is 11.3. The standard InChI is InChI=1S/C25H16N2O2/c26-13-14-7-1-6-12-19(14)27-24(28)22-20-15-8-2-3-9-16(15)21(23(22)25(27)29)18-11-5-4-10-17(18)20/h1-12,20-21,28-29H. The third kappa shape index (κ3) is 1.87. The summed E-state index contributed by atoms with van der Waals surface area (Å²) in [4.78, 5) is 0. The van der Waals surface area contributed by atoms with Crippen LogP contribution in [0.4, 0.5) is 0 Å². The molecule has 4 heteroatoms. The van der Waals surface area contributed by atoms with E-state index in [4.69, 9.17) is 0 Å². The van der Waals surface area contributed by atoms with Crippen LogP contribution in [-0.2, 0) is 0 Å². The van der Waals surface area contributed by atoms with Crippen molar-refractivity contribution in [1.82, 2.24) is 4.57 Å². The molecule has 2 bridgehead atoms. The van der Waals surface area contributed by atoms with Crippen molar-refractivity contribution in [3.63, 3.8) is 0 Å². The minimum absolute atomic E-state index is 0.000735. The lowest BCUT2D eigenvalue weighted by Gasteiger charge is -2.40. The summed E-state index contributed by atoms with van der Waals surface area (Å²) in [7, 11) is 0. The minimum Gasteiger partial charge on any atom is -0.494 e. The average Bonchev–Trinajstić information content (AvgIpc) is 3.04. The van der Waals surface area contributed by atoms with Crippen LogP contribution in [-0.4, -0.2) is 14.8 Å². The Bertz CT molecular complexity index is 1240. The molecule has 0 unspecified atom stereocenters. The van der Waals surface area contributed by atoms with Crippen LogP contribution in [0.5, 0.6) is 11.8 Å². The van der Waals surface area contributed by atoms with Crippen molar-refractivity contribution in [2.75, 3.05) is 0 Å². The number of aromatic nitrogens is 1. The fourth-order valence-corrected chi connectivity index (χ4v) is 5.17. The lowest BCUT2D eigenvalue weighted by Crippen LogP contribution is -2.26. The number of aromatic hydroxyl groups is 2. The Balaban J connectivity index is 1.72. The van der Waals surface area contributed by atoms with Crippen LogP contribution in [0, 0.1) is 11.3 Å². The van der Waals surface area contributed by atoms with Gasteiger partial charge >= 0.3 is 0 Å². The smallest absolute Gasteiger partial charge is 0.203 e. The molecule has 4 nitrogen and oxygen atoms in total. The summed E-state index contributed by atoms with van der Waals surface area (Å²) in [5.41, 5.74) is 6.97. The summed E-state index contributed by atoms with van der Waals surface area (Å²) in [6, 6.07) is 25.6. The first kappa shape index (κ1) is 16.0. The molecule has 0 radical (unpaired) electrons. The topological polar surface area (TPSA) is 69.2 Å². The lowest BCUT2D eigenvalue weighted by atomic mass is 9.62. The monoisotopic (exact) mass is 376 g/mol. The van der Waals surface area contributed by atoms with Gasteiger partial charge in [0.05, 0.1) is 11.3 Å². The van der Waals surface area contributed by atoms with E-state index in [9.17, 15) is 15.5 Å². The zero-order chi connectivity index (χ0) is 19.7. The van der Waals surface area contributed by atoms with Gasteiger partial charge in [0, 0.05) is 23.0 Å². The second-order valence-electron chi connectivity index (χ2n) is 7.56. The molecule has 0 spiro atoms. The molecule has 4 aromatic rings. The summed E-state index contributed by atoms with van der Waals surface area (Å²) in [5.74, 6) is -0.300. The fourth-order valence-electron chi connectivity index (χ4n) is 5.17. The first-order valence-corrected chi connectivity index (χ1v) is 9.56. The molecule has 0 aliphatic heterocycles. The van der Waals surface area contributed by atoms with E-state index in [1.165, 1.54) is 4.57 Å². The molecule has 0 atom stereocenters. The molecule has 3 aliphatic carbocycles. The Hall–Kier alpha value is -3.97. The number of hydrogen-bond donors (Lipinski definition) is 2. The van der Waals surface area contributed by atoms with Gasteiger partial charge in [-0.05, 0) is 34.4 Å². The highest BCUT2D eigenvalue weighted by atomic mass is 16.3. The highest BCUT2D eigenvalue weighted by Gasteiger charge is 2.46. The zero-order valence-electron chi connectivity index (χ0n) is 15.4. The number of para-hydroxylation sites is 1. The zero-order valence-corrected chi connectivity index (χ0v) is 15.4. The van der Waals surface area contributed by atoms with Gasteiger partial charge in [0.15, 0.2) is 0 Å². The molecule has 0 saturated heterocycles. The first-order valence-electron chi connectivity index (χ1n) is 9.56.